The van der Waals surface area contributed by atoms with E-state index < -0.39 is 5.91 Å². The Hall–Kier alpha value is -2.35. The second kappa shape index (κ2) is 7.82. The Bertz CT molecular complexity index is 1120. The smallest absolute Gasteiger partial charge is 0.283 e. The Morgan fingerprint density at radius 2 is 2.07 bits per heavy atom. The Morgan fingerprint density at radius 1 is 1.28 bits per heavy atom. The van der Waals surface area contributed by atoms with Gasteiger partial charge >= 0.3 is 0 Å². The van der Waals surface area contributed by atoms with Crippen molar-refractivity contribution in [1.29, 1.82) is 5.41 Å². The number of carbonyl (C=O) groups is 1. The number of amides is 1. The van der Waals surface area contributed by atoms with E-state index in [-0.39, 0.29) is 17.3 Å². The number of nitrogens with one attached hydrogen (secondary N) is 1. The van der Waals surface area contributed by atoms with Crippen molar-refractivity contribution in [3.8, 4) is 0 Å². The van der Waals surface area contributed by atoms with Crippen LogP contribution in [0.1, 0.15) is 25.1 Å². The van der Waals surface area contributed by atoms with Gasteiger partial charge < -0.3 is 4.57 Å². The number of thioether (sulfide) groups is 1. The summed E-state index contributed by atoms with van der Waals surface area (Å²) in [6, 6.07) is 9.11. The highest BCUT2D eigenvalue weighted by Crippen LogP contribution is 2.31. The van der Waals surface area contributed by atoms with Gasteiger partial charge in [0.2, 0.25) is 5.17 Å². The van der Waals surface area contributed by atoms with Crippen molar-refractivity contribution >= 4 is 63.0 Å². The molecule has 0 radical (unpaired) electrons. The van der Waals surface area contributed by atoms with Gasteiger partial charge in [-0.1, -0.05) is 43.1 Å². The lowest BCUT2D eigenvalue weighted by atomic mass is 10.1. The average molecular weight is 446 g/mol. The summed E-state index contributed by atoms with van der Waals surface area (Å²) in [4.78, 5) is 16.7. The molecular formula is C20H17Cl2N5OS. The summed E-state index contributed by atoms with van der Waals surface area (Å²) in [5.41, 5.74) is 1.87. The molecule has 148 valence electrons. The summed E-state index contributed by atoms with van der Waals surface area (Å²) in [5, 5.41) is 16.8. The second-order valence-electron chi connectivity index (χ2n) is 6.91. The van der Waals surface area contributed by atoms with Gasteiger partial charge in [0, 0.05) is 34.4 Å². The molecular weight excluding hydrogens is 429 g/mol. The van der Waals surface area contributed by atoms with E-state index in [0.29, 0.717) is 21.8 Å². The second-order valence-corrected chi connectivity index (χ2v) is 8.74. The number of carbonyl (C=O) groups excluding carboxylic acids is 1. The van der Waals surface area contributed by atoms with Crippen LogP contribution in [0, 0.1) is 11.3 Å². The van der Waals surface area contributed by atoms with E-state index in [9.17, 15) is 4.79 Å². The molecule has 1 N–H and O–H groups in total. The Morgan fingerprint density at radius 3 is 2.79 bits per heavy atom. The Kier molecular flexibility index (Phi) is 5.38. The number of halogens is 2. The fraction of sp³-hybridized carbons (Fsp3) is 0.200. The van der Waals surface area contributed by atoms with Gasteiger partial charge in [-0.25, -0.2) is 0 Å². The minimum absolute atomic E-state index is 0.0282. The van der Waals surface area contributed by atoms with Crippen molar-refractivity contribution < 1.29 is 4.79 Å². The van der Waals surface area contributed by atoms with Crippen LogP contribution in [0.3, 0.4) is 0 Å². The number of benzene rings is 1. The highest BCUT2D eigenvalue weighted by atomic mass is 35.5. The molecule has 29 heavy (non-hydrogen) atoms. The van der Waals surface area contributed by atoms with Crippen molar-refractivity contribution in [2.24, 2.45) is 16.0 Å². The first-order chi connectivity index (χ1) is 13.8. The molecule has 0 saturated heterocycles. The van der Waals surface area contributed by atoms with Crippen LogP contribution in [0.15, 0.2) is 52.2 Å². The highest BCUT2D eigenvalue weighted by Gasteiger charge is 2.36. The topological polar surface area (TPSA) is 73.8 Å². The molecule has 0 atom stereocenters. The molecule has 0 unspecified atom stereocenters. The maximum atomic E-state index is 12.6. The van der Waals surface area contributed by atoms with E-state index in [2.05, 4.69) is 10.1 Å². The van der Waals surface area contributed by atoms with Crippen molar-refractivity contribution in [3.63, 3.8) is 0 Å². The number of amidine groups is 2. The van der Waals surface area contributed by atoms with E-state index in [1.54, 1.807) is 18.2 Å². The molecule has 3 heterocycles. The molecule has 4 rings (SSSR count). The minimum Gasteiger partial charge on any atom is -0.343 e. The third-order valence-corrected chi connectivity index (χ3v) is 6.27. The molecule has 1 amide bonds. The van der Waals surface area contributed by atoms with Crippen LogP contribution in [0.4, 0.5) is 0 Å². The van der Waals surface area contributed by atoms with E-state index in [4.69, 9.17) is 28.6 Å². The predicted molar refractivity (Wildman–Crippen MR) is 120 cm³/mol. The molecule has 2 aromatic rings. The van der Waals surface area contributed by atoms with Crippen LogP contribution in [0.5, 0.6) is 0 Å². The lowest BCUT2D eigenvalue weighted by molar-refractivity contribution is -0.114. The molecule has 1 aromatic heterocycles. The molecule has 6 nitrogen and oxygen atoms in total. The lowest BCUT2D eigenvalue weighted by Gasteiger charge is -2.20. The zero-order chi connectivity index (χ0) is 20.7. The molecule has 0 saturated carbocycles. The summed E-state index contributed by atoms with van der Waals surface area (Å²) >= 11 is 13.6. The fourth-order valence-electron chi connectivity index (χ4n) is 2.92. The van der Waals surface area contributed by atoms with E-state index in [1.807, 2.05) is 42.8 Å². The van der Waals surface area contributed by atoms with E-state index in [0.717, 1.165) is 16.3 Å². The molecule has 0 bridgehead atoms. The first-order valence-corrected chi connectivity index (χ1v) is 10.5. The first-order valence-electron chi connectivity index (χ1n) is 8.92. The van der Waals surface area contributed by atoms with Gasteiger partial charge in [0.15, 0.2) is 5.84 Å². The number of hydrogen-bond donors (Lipinski definition) is 1. The normalized spacial score (nSPS) is 17.8. The number of rotatable bonds is 4. The van der Waals surface area contributed by atoms with Crippen LogP contribution >= 0.6 is 35.0 Å². The van der Waals surface area contributed by atoms with Crippen molar-refractivity contribution in [2.45, 2.75) is 20.4 Å². The van der Waals surface area contributed by atoms with Crippen LogP contribution in [-0.4, -0.2) is 31.5 Å². The number of fused-ring (bicyclic) bond motifs is 1. The molecule has 0 spiro atoms. The maximum absolute atomic E-state index is 12.6. The third-order valence-electron chi connectivity index (χ3n) is 4.48. The quantitative estimate of drug-likeness (QED) is 0.663. The molecule has 2 aliphatic rings. The van der Waals surface area contributed by atoms with Gasteiger partial charge in [0.25, 0.3) is 5.91 Å². The average Bonchev–Trinajstić information content (AvgIpc) is 3.28. The van der Waals surface area contributed by atoms with E-state index >= 15 is 0 Å². The fourth-order valence-corrected chi connectivity index (χ4v) is 4.28. The van der Waals surface area contributed by atoms with Crippen LogP contribution in [0.2, 0.25) is 10.0 Å². The predicted octanol–water partition coefficient (Wildman–Crippen LogP) is 5.12. The summed E-state index contributed by atoms with van der Waals surface area (Å²) in [7, 11) is 0. The zero-order valence-electron chi connectivity index (χ0n) is 15.7. The van der Waals surface area contributed by atoms with Gasteiger partial charge in [-0.15, -0.1) is 0 Å². The maximum Gasteiger partial charge on any atom is 0.283 e. The van der Waals surface area contributed by atoms with Crippen molar-refractivity contribution in [3.05, 3.63) is 63.4 Å². The molecule has 0 fully saturated rings. The summed E-state index contributed by atoms with van der Waals surface area (Å²) in [6.07, 6.45) is 3.56. The first kappa shape index (κ1) is 19.9. The molecule has 0 aliphatic carbocycles. The molecule has 2 aliphatic heterocycles. The number of aromatic nitrogens is 1. The molecule has 9 heteroatoms. The van der Waals surface area contributed by atoms with Gasteiger partial charge in [0.1, 0.15) is 5.04 Å². The number of hydrazone groups is 1. The SMILES string of the molecule is CC(C)C1=NN2C(=N)C(=Cc3cccn3Cc3ccc(Cl)cc3Cl)C(=O)N=C2S1. The molecule has 1 aromatic carbocycles. The van der Waals surface area contributed by atoms with Crippen molar-refractivity contribution in [2.75, 3.05) is 0 Å². The van der Waals surface area contributed by atoms with Gasteiger partial charge in [0.05, 0.1) is 5.57 Å². The number of hydrogen-bond acceptors (Lipinski definition) is 4. The highest BCUT2D eigenvalue weighted by molar-refractivity contribution is 8.27. The van der Waals surface area contributed by atoms with E-state index in [1.165, 1.54) is 16.8 Å². The standard InChI is InChI=1S/C20H17Cl2N5OS/c1-11(2)19-25-27-17(23)15(18(28)24-20(27)29-19)9-14-4-3-7-26(14)10-12-5-6-13(21)8-16(12)22/h3-9,11,23H,10H2,1-2H3. The Labute approximate surface area is 182 Å². The van der Waals surface area contributed by atoms with Crippen LogP contribution in [0.25, 0.3) is 6.08 Å². The van der Waals surface area contributed by atoms with Crippen LogP contribution < -0.4 is 0 Å². The number of aliphatic imine (C=N–C) groups is 1. The minimum atomic E-state index is -0.439. The van der Waals surface area contributed by atoms with Crippen molar-refractivity contribution in [1.82, 2.24) is 9.58 Å². The summed E-state index contributed by atoms with van der Waals surface area (Å²) < 4.78 is 1.95. The van der Waals surface area contributed by atoms with Gasteiger partial charge in [-0.3, -0.25) is 10.2 Å². The lowest BCUT2D eigenvalue weighted by Crippen LogP contribution is -2.35. The van der Waals surface area contributed by atoms with Crippen LogP contribution in [-0.2, 0) is 11.3 Å². The summed E-state index contributed by atoms with van der Waals surface area (Å²) in [6.45, 7) is 4.54. The summed E-state index contributed by atoms with van der Waals surface area (Å²) in [5.74, 6) is -0.211. The monoisotopic (exact) mass is 445 g/mol. The third kappa shape index (κ3) is 3.90. The zero-order valence-corrected chi connectivity index (χ0v) is 18.0. The number of nitrogens with zero attached hydrogens (tertiary/aromatic N) is 4. The van der Waals surface area contributed by atoms with Gasteiger partial charge in [-0.2, -0.15) is 15.1 Å². The Balaban J connectivity index is 1.65. The largest absolute Gasteiger partial charge is 0.343 e. The van der Waals surface area contributed by atoms with Gasteiger partial charge in [-0.05, 0) is 47.7 Å².